The Balaban J connectivity index is 1.52. The molecular formula is C18H15ClF3N5O2S. The van der Waals surface area contributed by atoms with E-state index in [1.165, 1.54) is 0 Å². The molecule has 30 heavy (non-hydrogen) atoms. The minimum absolute atomic E-state index is 0.0506. The van der Waals surface area contributed by atoms with Crippen molar-refractivity contribution in [3.63, 3.8) is 0 Å². The Morgan fingerprint density at radius 3 is 2.60 bits per heavy atom. The maximum absolute atomic E-state index is 13.0. The highest BCUT2D eigenvalue weighted by Crippen LogP contribution is 2.33. The molecule has 0 aliphatic carbocycles. The number of amides is 3. The number of alkyl halides is 3. The topological polar surface area (TPSA) is 88.4 Å². The molecule has 2 aromatic heterocycles. The van der Waals surface area contributed by atoms with E-state index in [4.69, 9.17) is 11.6 Å². The van der Waals surface area contributed by atoms with Crippen molar-refractivity contribution in [2.45, 2.75) is 24.3 Å². The number of thioether (sulfide) groups is 1. The van der Waals surface area contributed by atoms with Gasteiger partial charge in [-0.25, -0.2) is 4.79 Å². The van der Waals surface area contributed by atoms with Crippen LogP contribution in [0.25, 0.3) is 5.65 Å². The van der Waals surface area contributed by atoms with Gasteiger partial charge in [0.15, 0.2) is 10.8 Å². The molecule has 3 aromatic rings. The summed E-state index contributed by atoms with van der Waals surface area (Å²) in [7, 11) is 0. The second-order valence-corrected chi connectivity index (χ2v) is 7.53. The van der Waals surface area contributed by atoms with E-state index in [0.717, 1.165) is 34.0 Å². The van der Waals surface area contributed by atoms with E-state index in [2.05, 4.69) is 20.8 Å². The fraction of sp³-hybridized carbons (Fsp3) is 0.222. The van der Waals surface area contributed by atoms with E-state index in [1.54, 1.807) is 0 Å². The van der Waals surface area contributed by atoms with Gasteiger partial charge in [0.1, 0.15) is 0 Å². The number of rotatable bonds is 6. The normalized spacial score (nSPS) is 11.5. The van der Waals surface area contributed by atoms with Crippen LogP contribution >= 0.6 is 23.4 Å². The van der Waals surface area contributed by atoms with E-state index >= 15 is 0 Å². The molecule has 0 radical (unpaired) electrons. The van der Waals surface area contributed by atoms with Crippen LogP contribution in [0.2, 0.25) is 5.02 Å². The zero-order chi connectivity index (χ0) is 21.7. The number of urea groups is 1. The summed E-state index contributed by atoms with van der Waals surface area (Å²) >= 11 is 6.88. The molecule has 1 aromatic carbocycles. The first-order valence-corrected chi connectivity index (χ1v) is 9.96. The number of halogens is 4. The smallest absolute Gasteiger partial charge is 0.334 e. The Kier molecular flexibility index (Phi) is 6.83. The minimum atomic E-state index is -4.57. The third kappa shape index (κ3) is 5.63. The van der Waals surface area contributed by atoms with Crippen molar-refractivity contribution < 1.29 is 22.8 Å². The maximum atomic E-state index is 13.0. The van der Waals surface area contributed by atoms with Crippen LogP contribution in [0, 0.1) is 0 Å². The summed E-state index contributed by atoms with van der Waals surface area (Å²) in [6.45, 7) is 0.267. The van der Waals surface area contributed by atoms with E-state index in [0.29, 0.717) is 0 Å². The number of hydrogen-bond donors (Lipinski definition) is 2. The molecule has 0 fully saturated rings. The average Bonchev–Trinajstić information content (AvgIpc) is 3.10. The molecule has 0 atom stereocenters. The number of pyridine rings is 1. The fourth-order valence-electron chi connectivity index (χ4n) is 2.43. The summed E-state index contributed by atoms with van der Waals surface area (Å²) < 4.78 is 40.0. The van der Waals surface area contributed by atoms with Crippen LogP contribution in [0.4, 0.5) is 18.0 Å². The molecule has 12 heteroatoms. The van der Waals surface area contributed by atoms with Gasteiger partial charge in [0, 0.05) is 24.9 Å². The number of aromatic nitrogens is 3. The number of fused-ring (bicyclic) bond motifs is 1. The zero-order valence-electron chi connectivity index (χ0n) is 15.2. The van der Waals surface area contributed by atoms with Gasteiger partial charge in [-0.2, -0.15) is 13.2 Å². The molecule has 0 spiro atoms. The molecule has 3 amide bonds. The highest BCUT2D eigenvalue weighted by Gasteiger charge is 2.32. The largest absolute Gasteiger partial charge is 0.417 e. The van der Waals surface area contributed by atoms with Crippen LogP contribution in [0.15, 0.2) is 47.8 Å². The van der Waals surface area contributed by atoms with Crippen LogP contribution < -0.4 is 10.6 Å². The lowest BCUT2D eigenvalue weighted by molar-refractivity contribution is -0.137. The van der Waals surface area contributed by atoms with Crippen LogP contribution in [0.3, 0.4) is 0 Å². The van der Waals surface area contributed by atoms with Crippen molar-refractivity contribution in [2.24, 2.45) is 0 Å². The van der Waals surface area contributed by atoms with Gasteiger partial charge in [0.25, 0.3) is 0 Å². The molecule has 2 N–H and O–H groups in total. The maximum Gasteiger partial charge on any atom is 0.417 e. The summed E-state index contributed by atoms with van der Waals surface area (Å²) in [4.78, 5) is 23.7. The van der Waals surface area contributed by atoms with Gasteiger partial charge >= 0.3 is 12.2 Å². The van der Waals surface area contributed by atoms with E-state index < -0.39 is 23.7 Å². The quantitative estimate of drug-likeness (QED) is 0.548. The monoisotopic (exact) mass is 457 g/mol. The SMILES string of the molecule is O=C(CCSc1nnc2c(Cl)cc(C(F)(F)F)cn12)NC(=O)NCc1ccccc1. The van der Waals surface area contributed by atoms with Crippen LogP contribution in [0.1, 0.15) is 17.5 Å². The molecule has 7 nitrogen and oxygen atoms in total. The lowest BCUT2D eigenvalue weighted by Crippen LogP contribution is -2.39. The number of nitrogens with zero attached hydrogens (tertiary/aromatic N) is 3. The molecule has 0 unspecified atom stereocenters. The van der Waals surface area contributed by atoms with Gasteiger partial charge in [-0.3, -0.25) is 14.5 Å². The summed E-state index contributed by atoms with van der Waals surface area (Å²) in [6.07, 6.45) is -3.78. The first kappa shape index (κ1) is 21.9. The van der Waals surface area contributed by atoms with Gasteiger partial charge in [-0.05, 0) is 11.6 Å². The van der Waals surface area contributed by atoms with Crippen LogP contribution in [0.5, 0.6) is 0 Å². The number of carbonyl (C=O) groups excluding carboxylic acids is 2. The van der Waals surface area contributed by atoms with Crippen molar-refractivity contribution in [2.75, 3.05) is 5.75 Å². The van der Waals surface area contributed by atoms with Crippen molar-refractivity contribution in [1.29, 1.82) is 0 Å². The number of benzene rings is 1. The second-order valence-electron chi connectivity index (χ2n) is 6.07. The summed E-state index contributed by atoms with van der Waals surface area (Å²) in [5, 5.41) is 12.3. The third-order valence-electron chi connectivity index (χ3n) is 3.87. The predicted molar refractivity (Wildman–Crippen MR) is 105 cm³/mol. The highest BCUT2D eigenvalue weighted by atomic mass is 35.5. The van der Waals surface area contributed by atoms with Crippen molar-refractivity contribution in [3.05, 3.63) is 58.7 Å². The summed E-state index contributed by atoms with van der Waals surface area (Å²) in [6, 6.07) is 9.31. The lowest BCUT2D eigenvalue weighted by atomic mass is 10.2. The Morgan fingerprint density at radius 2 is 1.90 bits per heavy atom. The van der Waals surface area contributed by atoms with Gasteiger partial charge in [0.2, 0.25) is 5.91 Å². The molecule has 0 bridgehead atoms. The lowest BCUT2D eigenvalue weighted by Gasteiger charge is -2.09. The summed E-state index contributed by atoms with van der Waals surface area (Å²) in [5.74, 6) is -0.359. The van der Waals surface area contributed by atoms with E-state index in [9.17, 15) is 22.8 Å². The third-order valence-corrected chi connectivity index (χ3v) is 5.09. The molecule has 158 valence electrons. The van der Waals surface area contributed by atoms with Gasteiger partial charge in [0.05, 0.1) is 10.6 Å². The standard InChI is InChI=1S/C18H15ClF3N5O2S/c19-13-8-12(18(20,21)22)10-27-15(13)25-26-17(27)30-7-6-14(28)24-16(29)23-9-11-4-2-1-3-5-11/h1-5,8,10H,6-7,9H2,(H2,23,24,28,29). The fourth-order valence-corrected chi connectivity index (χ4v) is 3.53. The number of imide groups is 1. The molecule has 0 aliphatic rings. The molecular weight excluding hydrogens is 443 g/mol. The predicted octanol–water partition coefficient (Wildman–Crippen LogP) is 3.91. The second kappa shape index (κ2) is 9.35. The first-order valence-electron chi connectivity index (χ1n) is 8.60. The van der Waals surface area contributed by atoms with Crippen molar-refractivity contribution in [3.8, 4) is 0 Å². The molecule has 0 saturated carbocycles. The molecule has 0 aliphatic heterocycles. The van der Waals surface area contributed by atoms with Gasteiger partial charge in [-0.15, -0.1) is 10.2 Å². The summed E-state index contributed by atoms with van der Waals surface area (Å²) in [5.41, 5.74) is 0.0256. The van der Waals surface area contributed by atoms with Crippen LogP contribution in [-0.2, 0) is 17.5 Å². The molecule has 2 heterocycles. The number of nitrogens with one attached hydrogen (secondary N) is 2. The van der Waals surface area contributed by atoms with Crippen molar-refractivity contribution >= 4 is 40.9 Å². The first-order chi connectivity index (χ1) is 14.2. The average molecular weight is 458 g/mol. The zero-order valence-corrected chi connectivity index (χ0v) is 16.8. The van der Waals surface area contributed by atoms with Gasteiger partial charge < -0.3 is 5.32 Å². The number of hydrogen-bond acceptors (Lipinski definition) is 5. The highest BCUT2D eigenvalue weighted by molar-refractivity contribution is 7.99. The Morgan fingerprint density at radius 1 is 1.17 bits per heavy atom. The van der Waals surface area contributed by atoms with Gasteiger partial charge in [-0.1, -0.05) is 53.7 Å². The van der Waals surface area contributed by atoms with Crippen LogP contribution in [-0.4, -0.2) is 32.3 Å². The molecule has 3 rings (SSSR count). The Hall–Kier alpha value is -2.79. The Bertz CT molecular complexity index is 1060. The number of carbonyl (C=O) groups is 2. The van der Waals surface area contributed by atoms with Crippen molar-refractivity contribution in [1.82, 2.24) is 25.2 Å². The molecule has 0 saturated heterocycles. The van der Waals surface area contributed by atoms with E-state index in [1.807, 2.05) is 30.3 Å². The minimum Gasteiger partial charge on any atom is -0.334 e. The van der Waals surface area contributed by atoms with E-state index in [-0.39, 0.29) is 34.5 Å². The Labute approximate surface area is 178 Å².